The van der Waals surface area contributed by atoms with Gasteiger partial charge in [0.25, 0.3) is 0 Å². The third-order valence-electron chi connectivity index (χ3n) is 4.29. The van der Waals surface area contributed by atoms with Crippen LogP contribution >= 0.6 is 0 Å². The average molecular weight is 246 g/mol. The van der Waals surface area contributed by atoms with Gasteiger partial charge in [0.05, 0.1) is 0 Å². The topological polar surface area (TPSA) is 55.0 Å². The number of nitrogens with two attached hydrogens (primary N) is 1. The van der Waals surface area contributed by atoms with Gasteiger partial charge in [-0.2, -0.15) is 0 Å². The van der Waals surface area contributed by atoms with Crippen molar-refractivity contribution in [3.63, 3.8) is 0 Å². The number of hydrogen-bond acceptors (Lipinski definition) is 4. The molecule has 0 aromatic carbocycles. The molecule has 1 saturated heterocycles. The average Bonchev–Trinajstić information content (AvgIpc) is 2.86. The minimum Gasteiger partial charge on any atom is -0.337 e. The number of hydrogen-bond donors (Lipinski definition) is 1. The van der Waals surface area contributed by atoms with Crippen molar-refractivity contribution in [1.82, 2.24) is 9.97 Å². The summed E-state index contributed by atoms with van der Waals surface area (Å²) in [7, 11) is 0. The lowest BCUT2D eigenvalue weighted by Gasteiger charge is -2.26. The Morgan fingerprint density at radius 2 is 2.33 bits per heavy atom. The Hall–Kier alpha value is -1.16. The van der Waals surface area contributed by atoms with Gasteiger partial charge in [-0.25, -0.2) is 9.97 Å². The number of anilines is 1. The molecule has 1 aliphatic carbocycles. The summed E-state index contributed by atoms with van der Waals surface area (Å²) in [5.74, 6) is 1.67. The first kappa shape index (κ1) is 11.9. The quantitative estimate of drug-likeness (QED) is 0.860. The van der Waals surface area contributed by atoms with Crippen molar-refractivity contribution in [2.75, 3.05) is 18.0 Å². The van der Waals surface area contributed by atoms with Crippen molar-refractivity contribution in [2.24, 2.45) is 11.7 Å². The Bertz CT molecular complexity index is 432. The molecule has 1 aliphatic heterocycles. The molecule has 0 spiro atoms. The molecule has 4 heteroatoms. The Labute approximate surface area is 109 Å². The van der Waals surface area contributed by atoms with Crippen molar-refractivity contribution in [3.8, 4) is 0 Å². The predicted octanol–water partition coefficient (Wildman–Crippen LogP) is 1.53. The highest BCUT2D eigenvalue weighted by Gasteiger charge is 2.26. The van der Waals surface area contributed by atoms with Crippen LogP contribution in [0.15, 0.2) is 6.20 Å². The standard InChI is InChI=1S/C14H22N4/c1-10-4-5-13-11(7-10)9-16-14(17-13)18-6-2-3-12(18)8-15/h9-10,12H,2-8,15H2,1H3. The molecule has 1 fully saturated rings. The molecule has 1 aromatic heterocycles. The van der Waals surface area contributed by atoms with Crippen LogP contribution < -0.4 is 10.6 Å². The maximum absolute atomic E-state index is 5.82. The molecule has 1 aromatic rings. The zero-order valence-electron chi connectivity index (χ0n) is 11.1. The second-order valence-corrected chi connectivity index (χ2v) is 5.72. The first-order valence-corrected chi connectivity index (χ1v) is 7.09. The van der Waals surface area contributed by atoms with Gasteiger partial charge in [0.15, 0.2) is 0 Å². The minimum absolute atomic E-state index is 0.436. The van der Waals surface area contributed by atoms with Crippen LogP contribution in [0, 0.1) is 5.92 Å². The van der Waals surface area contributed by atoms with Gasteiger partial charge in [-0.1, -0.05) is 6.92 Å². The zero-order chi connectivity index (χ0) is 12.5. The van der Waals surface area contributed by atoms with Crippen molar-refractivity contribution in [3.05, 3.63) is 17.5 Å². The van der Waals surface area contributed by atoms with Gasteiger partial charge in [0.2, 0.25) is 5.95 Å². The van der Waals surface area contributed by atoms with Crippen molar-refractivity contribution in [1.29, 1.82) is 0 Å². The highest BCUT2D eigenvalue weighted by Crippen LogP contribution is 2.27. The van der Waals surface area contributed by atoms with E-state index in [0.717, 1.165) is 31.3 Å². The summed E-state index contributed by atoms with van der Waals surface area (Å²) >= 11 is 0. The molecule has 0 amide bonds. The molecule has 2 atom stereocenters. The maximum Gasteiger partial charge on any atom is 0.225 e. The number of aryl methyl sites for hydroxylation is 1. The van der Waals surface area contributed by atoms with Crippen LogP contribution in [0.4, 0.5) is 5.95 Å². The van der Waals surface area contributed by atoms with Crippen LogP contribution in [0.1, 0.15) is 37.4 Å². The number of aromatic nitrogens is 2. The number of nitrogens with zero attached hydrogens (tertiary/aromatic N) is 3. The fourth-order valence-electron chi connectivity index (χ4n) is 3.16. The van der Waals surface area contributed by atoms with E-state index in [4.69, 9.17) is 10.7 Å². The van der Waals surface area contributed by atoms with Crippen LogP contribution in [-0.2, 0) is 12.8 Å². The molecular formula is C14H22N4. The highest BCUT2D eigenvalue weighted by molar-refractivity contribution is 5.37. The normalized spacial score (nSPS) is 27.3. The molecule has 2 unspecified atom stereocenters. The third-order valence-corrected chi connectivity index (χ3v) is 4.29. The molecular weight excluding hydrogens is 224 g/mol. The summed E-state index contributed by atoms with van der Waals surface area (Å²) in [6, 6.07) is 0.436. The smallest absolute Gasteiger partial charge is 0.225 e. The minimum atomic E-state index is 0.436. The van der Waals surface area contributed by atoms with E-state index in [2.05, 4.69) is 16.8 Å². The van der Waals surface area contributed by atoms with Gasteiger partial charge in [-0.3, -0.25) is 0 Å². The van der Waals surface area contributed by atoms with Crippen LogP contribution in [0.2, 0.25) is 0 Å². The maximum atomic E-state index is 5.82. The molecule has 2 heterocycles. The van der Waals surface area contributed by atoms with Crippen LogP contribution in [0.3, 0.4) is 0 Å². The lowest BCUT2D eigenvalue weighted by Crippen LogP contribution is -2.36. The first-order chi connectivity index (χ1) is 8.78. The van der Waals surface area contributed by atoms with E-state index in [9.17, 15) is 0 Å². The molecule has 98 valence electrons. The summed E-state index contributed by atoms with van der Waals surface area (Å²) in [4.78, 5) is 11.6. The fourth-order valence-corrected chi connectivity index (χ4v) is 3.16. The second-order valence-electron chi connectivity index (χ2n) is 5.72. The molecule has 2 aliphatic rings. The fraction of sp³-hybridized carbons (Fsp3) is 0.714. The van der Waals surface area contributed by atoms with E-state index in [1.807, 2.05) is 6.20 Å². The summed E-state index contributed by atoms with van der Waals surface area (Å²) in [6.07, 6.45) is 7.92. The van der Waals surface area contributed by atoms with Crippen molar-refractivity contribution in [2.45, 2.75) is 45.1 Å². The van der Waals surface area contributed by atoms with E-state index in [1.165, 1.54) is 30.5 Å². The summed E-state index contributed by atoms with van der Waals surface area (Å²) in [6.45, 7) is 4.07. The monoisotopic (exact) mass is 246 g/mol. The van der Waals surface area contributed by atoms with E-state index >= 15 is 0 Å². The lowest BCUT2D eigenvalue weighted by molar-refractivity contribution is 0.491. The second kappa shape index (κ2) is 4.84. The van der Waals surface area contributed by atoms with E-state index in [0.29, 0.717) is 12.6 Å². The third kappa shape index (κ3) is 2.09. The van der Waals surface area contributed by atoms with Gasteiger partial charge < -0.3 is 10.6 Å². The summed E-state index contributed by atoms with van der Waals surface area (Å²) in [5.41, 5.74) is 8.43. The van der Waals surface area contributed by atoms with Crippen LogP contribution in [0.5, 0.6) is 0 Å². The molecule has 2 N–H and O–H groups in total. The Balaban J connectivity index is 1.86. The summed E-state index contributed by atoms with van der Waals surface area (Å²) < 4.78 is 0. The van der Waals surface area contributed by atoms with E-state index < -0.39 is 0 Å². The Morgan fingerprint density at radius 3 is 3.17 bits per heavy atom. The molecule has 3 rings (SSSR count). The largest absolute Gasteiger partial charge is 0.337 e. The van der Waals surface area contributed by atoms with Gasteiger partial charge >= 0.3 is 0 Å². The van der Waals surface area contributed by atoms with Gasteiger partial charge in [0, 0.05) is 31.0 Å². The predicted molar refractivity (Wildman–Crippen MR) is 72.6 cm³/mol. The first-order valence-electron chi connectivity index (χ1n) is 7.09. The SMILES string of the molecule is CC1CCc2nc(N3CCCC3CN)ncc2C1. The summed E-state index contributed by atoms with van der Waals surface area (Å²) in [5, 5.41) is 0. The van der Waals surface area contributed by atoms with Crippen LogP contribution in [0.25, 0.3) is 0 Å². The molecule has 4 nitrogen and oxygen atoms in total. The van der Waals surface area contributed by atoms with E-state index in [-0.39, 0.29) is 0 Å². The molecule has 0 bridgehead atoms. The number of fused-ring (bicyclic) bond motifs is 1. The van der Waals surface area contributed by atoms with Crippen molar-refractivity contribution < 1.29 is 0 Å². The van der Waals surface area contributed by atoms with Crippen LogP contribution in [-0.4, -0.2) is 29.1 Å². The number of rotatable bonds is 2. The Morgan fingerprint density at radius 1 is 1.44 bits per heavy atom. The van der Waals surface area contributed by atoms with Gasteiger partial charge in [-0.05, 0) is 43.6 Å². The van der Waals surface area contributed by atoms with E-state index in [1.54, 1.807) is 0 Å². The van der Waals surface area contributed by atoms with Gasteiger partial charge in [0.1, 0.15) is 0 Å². The molecule has 0 radical (unpaired) electrons. The lowest BCUT2D eigenvalue weighted by atomic mass is 9.89. The van der Waals surface area contributed by atoms with Gasteiger partial charge in [-0.15, -0.1) is 0 Å². The zero-order valence-corrected chi connectivity index (χ0v) is 11.1. The van der Waals surface area contributed by atoms with Crippen molar-refractivity contribution >= 4 is 5.95 Å². The highest BCUT2D eigenvalue weighted by atomic mass is 15.3. The molecule has 0 saturated carbocycles. The molecule has 18 heavy (non-hydrogen) atoms. The Kier molecular flexibility index (Phi) is 3.20.